The van der Waals surface area contributed by atoms with Crippen LogP contribution < -0.4 is 5.32 Å². The number of nitrogens with one attached hydrogen (secondary N) is 1. The van der Waals surface area contributed by atoms with Crippen LogP contribution >= 0.6 is 11.6 Å². The molecule has 5 heteroatoms. The summed E-state index contributed by atoms with van der Waals surface area (Å²) >= 11 is 5.90. The quantitative estimate of drug-likeness (QED) is 0.864. The van der Waals surface area contributed by atoms with Gasteiger partial charge >= 0.3 is 0 Å². The van der Waals surface area contributed by atoms with E-state index in [2.05, 4.69) is 16.4 Å². The van der Waals surface area contributed by atoms with Gasteiger partial charge in [0.25, 0.3) is 5.91 Å². The van der Waals surface area contributed by atoms with Crippen molar-refractivity contribution in [1.29, 1.82) is 5.26 Å². The highest BCUT2D eigenvalue weighted by Gasteiger charge is 2.35. The third-order valence-corrected chi connectivity index (χ3v) is 3.69. The lowest BCUT2D eigenvalue weighted by Gasteiger charge is -2.22. The molecule has 1 aliphatic rings. The number of hydrogen-bond donors (Lipinski definition) is 1. The number of pyridine rings is 1. The van der Waals surface area contributed by atoms with E-state index >= 15 is 0 Å². The second-order valence-corrected chi connectivity index (χ2v) is 5.27. The van der Waals surface area contributed by atoms with Gasteiger partial charge in [-0.05, 0) is 44.2 Å². The van der Waals surface area contributed by atoms with Gasteiger partial charge in [0, 0.05) is 11.3 Å². The summed E-state index contributed by atoms with van der Waals surface area (Å²) in [4.78, 5) is 16.4. The maximum absolute atomic E-state index is 12.2. The van der Waals surface area contributed by atoms with Crippen LogP contribution in [0.2, 0.25) is 5.15 Å². The Kier molecular flexibility index (Phi) is 4.06. The van der Waals surface area contributed by atoms with Crippen molar-refractivity contribution in [2.45, 2.75) is 44.6 Å². The highest BCUT2D eigenvalue weighted by Crippen LogP contribution is 2.29. The summed E-state index contributed by atoms with van der Waals surface area (Å²) in [6.07, 6.45) is 4.10. The number of amides is 1. The fourth-order valence-corrected chi connectivity index (χ4v) is 2.62. The van der Waals surface area contributed by atoms with Gasteiger partial charge in [0.05, 0.1) is 6.07 Å². The summed E-state index contributed by atoms with van der Waals surface area (Å²) in [7, 11) is 0. The topological polar surface area (TPSA) is 65.8 Å². The second-order valence-electron chi connectivity index (χ2n) is 4.88. The predicted octanol–water partition coefficient (Wildman–Crippen LogP) is 2.86. The maximum Gasteiger partial charge on any atom is 0.252 e. The van der Waals surface area contributed by atoms with E-state index in [1.165, 1.54) is 6.07 Å². The van der Waals surface area contributed by atoms with Gasteiger partial charge in [-0.15, -0.1) is 0 Å². The highest BCUT2D eigenvalue weighted by atomic mass is 35.5. The Hall–Kier alpha value is -1.60. The first-order chi connectivity index (χ1) is 9.08. The Morgan fingerprint density at radius 3 is 2.79 bits per heavy atom. The first-order valence-electron chi connectivity index (χ1n) is 6.49. The molecular weight excluding hydrogens is 262 g/mol. The van der Waals surface area contributed by atoms with E-state index < -0.39 is 5.54 Å². The van der Waals surface area contributed by atoms with Gasteiger partial charge in [-0.1, -0.05) is 18.5 Å². The molecular formula is C14H16ClN3O. The van der Waals surface area contributed by atoms with Crippen LogP contribution in [0.1, 0.15) is 48.7 Å². The number of carbonyl (C=O) groups is 1. The monoisotopic (exact) mass is 277 g/mol. The molecule has 0 spiro atoms. The van der Waals surface area contributed by atoms with Crippen molar-refractivity contribution in [2.24, 2.45) is 0 Å². The zero-order valence-electron chi connectivity index (χ0n) is 10.9. The van der Waals surface area contributed by atoms with Crippen LogP contribution in [0.15, 0.2) is 12.1 Å². The molecule has 0 atom stereocenters. The number of hydrogen-bond acceptors (Lipinski definition) is 3. The zero-order valence-corrected chi connectivity index (χ0v) is 11.6. The molecule has 0 aromatic carbocycles. The summed E-state index contributed by atoms with van der Waals surface area (Å²) in [6, 6.07) is 5.50. The van der Waals surface area contributed by atoms with Gasteiger partial charge in [0.15, 0.2) is 0 Å². The molecule has 0 saturated heterocycles. The summed E-state index contributed by atoms with van der Waals surface area (Å²) in [5.74, 6) is -0.248. The van der Waals surface area contributed by atoms with E-state index in [4.69, 9.17) is 11.6 Å². The fraction of sp³-hybridized carbons (Fsp3) is 0.500. The largest absolute Gasteiger partial charge is 0.334 e. The van der Waals surface area contributed by atoms with Crippen LogP contribution in [0.4, 0.5) is 0 Å². The van der Waals surface area contributed by atoms with E-state index in [0.717, 1.165) is 18.5 Å². The molecule has 1 N–H and O–H groups in total. The van der Waals surface area contributed by atoms with E-state index in [0.29, 0.717) is 30.0 Å². The van der Waals surface area contributed by atoms with Gasteiger partial charge in [0.1, 0.15) is 10.7 Å². The highest BCUT2D eigenvalue weighted by molar-refractivity contribution is 6.29. The minimum absolute atomic E-state index is 0.248. The summed E-state index contributed by atoms with van der Waals surface area (Å²) < 4.78 is 0. The molecule has 0 radical (unpaired) electrons. The second kappa shape index (κ2) is 5.58. The Morgan fingerprint density at radius 2 is 2.21 bits per heavy atom. The van der Waals surface area contributed by atoms with Crippen LogP contribution in [-0.4, -0.2) is 16.4 Å². The number of rotatable bonds is 3. The molecule has 2 rings (SSSR count). The lowest BCUT2D eigenvalue weighted by molar-refractivity contribution is 0.0920. The van der Waals surface area contributed by atoms with Gasteiger partial charge in [-0.2, -0.15) is 5.26 Å². The maximum atomic E-state index is 12.2. The Morgan fingerprint density at radius 1 is 1.53 bits per heavy atom. The van der Waals surface area contributed by atoms with Crippen molar-refractivity contribution in [3.8, 4) is 6.07 Å². The van der Waals surface area contributed by atoms with Crippen LogP contribution in [-0.2, 0) is 6.42 Å². The van der Waals surface area contributed by atoms with E-state index in [1.54, 1.807) is 6.07 Å². The molecule has 1 heterocycles. The van der Waals surface area contributed by atoms with Crippen molar-refractivity contribution < 1.29 is 4.79 Å². The molecule has 1 aromatic rings. The standard InChI is InChI=1S/C14H16ClN3O/c1-2-11-7-10(8-12(15)17-11)13(19)18-14(9-16)5-3-4-6-14/h7-8H,2-6H2,1H3,(H,18,19). The summed E-state index contributed by atoms with van der Waals surface area (Å²) in [6.45, 7) is 1.95. The molecule has 19 heavy (non-hydrogen) atoms. The minimum atomic E-state index is -0.709. The summed E-state index contributed by atoms with van der Waals surface area (Å²) in [5, 5.41) is 12.4. The number of nitrogens with zero attached hydrogens (tertiary/aromatic N) is 2. The molecule has 0 unspecified atom stereocenters. The lowest BCUT2D eigenvalue weighted by Crippen LogP contribution is -2.45. The Bertz CT molecular complexity index is 530. The SMILES string of the molecule is CCc1cc(C(=O)NC2(C#N)CCCC2)cc(Cl)n1. The van der Waals surface area contributed by atoms with Crippen molar-refractivity contribution >= 4 is 17.5 Å². The Balaban J connectivity index is 2.20. The van der Waals surface area contributed by atoms with Gasteiger partial charge in [0.2, 0.25) is 0 Å². The molecule has 0 aliphatic heterocycles. The average molecular weight is 278 g/mol. The molecule has 1 saturated carbocycles. The normalized spacial score (nSPS) is 16.9. The Labute approximate surface area is 117 Å². The minimum Gasteiger partial charge on any atom is -0.334 e. The molecule has 4 nitrogen and oxygen atoms in total. The number of carbonyl (C=O) groups excluding carboxylic acids is 1. The zero-order chi connectivity index (χ0) is 13.9. The van der Waals surface area contributed by atoms with Crippen LogP contribution in [0.3, 0.4) is 0 Å². The molecule has 100 valence electrons. The van der Waals surface area contributed by atoms with Gasteiger partial charge in [-0.3, -0.25) is 4.79 Å². The molecule has 1 amide bonds. The van der Waals surface area contributed by atoms with Gasteiger partial charge < -0.3 is 5.32 Å². The molecule has 1 fully saturated rings. The van der Waals surface area contributed by atoms with E-state index in [-0.39, 0.29) is 5.91 Å². The number of halogens is 1. The van der Waals surface area contributed by atoms with Crippen molar-refractivity contribution in [3.05, 3.63) is 28.5 Å². The molecule has 1 aromatic heterocycles. The average Bonchev–Trinajstić information content (AvgIpc) is 2.87. The van der Waals surface area contributed by atoms with Crippen LogP contribution in [0, 0.1) is 11.3 Å². The number of nitriles is 1. The van der Waals surface area contributed by atoms with Crippen LogP contribution in [0.25, 0.3) is 0 Å². The van der Waals surface area contributed by atoms with Crippen LogP contribution in [0.5, 0.6) is 0 Å². The molecule has 0 bridgehead atoms. The van der Waals surface area contributed by atoms with Crippen molar-refractivity contribution in [3.63, 3.8) is 0 Å². The lowest BCUT2D eigenvalue weighted by atomic mass is 9.99. The first-order valence-corrected chi connectivity index (χ1v) is 6.86. The third kappa shape index (κ3) is 3.05. The fourth-order valence-electron chi connectivity index (χ4n) is 2.40. The molecule has 1 aliphatic carbocycles. The van der Waals surface area contributed by atoms with E-state index in [1.807, 2.05) is 6.92 Å². The first kappa shape index (κ1) is 13.8. The van der Waals surface area contributed by atoms with Crippen molar-refractivity contribution in [1.82, 2.24) is 10.3 Å². The van der Waals surface area contributed by atoms with E-state index in [9.17, 15) is 10.1 Å². The summed E-state index contributed by atoms with van der Waals surface area (Å²) in [5.41, 5.74) is 0.535. The number of aryl methyl sites for hydroxylation is 1. The number of aromatic nitrogens is 1. The smallest absolute Gasteiger partial charge is 0.252 e. The van der Waals surface area contributed by atoms with Crippen molar-refractivity contribution in [2.75, 3.05) is 0 Å². The van der Waals surface area contributed by atoms with Gasteiger partial charge in [-0.25, -0.2) is 4.98 Å². The predicted molar refractivity (Wildman–Crippen MR) is 72.9 cm³/mol. The third-order valence-electron chi connectivity index (χ3n) is 3.50.